The summed E-state index contributed by atoms with van der Waals surface area (Å²) >= 11 is 1.77. The van der Waals surface area contributed by atoms with Gasteiger partial charge in [-0.1, -0.05) is 36.4 Å². The Morgan fingerprint density at radius 1 is 1.03 bits per heavy atom. The first kappa shape index (κ1) is 18.4. The fourth-order valence-electron chi connectivity index (χ4n) is 3.33. The van der Waals surface area contributed by atoms with Crippen molar-refractivity contribution in [2.75, 3.05) is 17.2 Å². The molecule has 0 aliphatic heterocycles. The van der Waals surface area contributed by atoms with Gasteiger partial charge < -0.3 is 15.1 Å². The lowest BCUT2D eigenvalue weighted by atomic mass is 10.2. The van der Waals surface area contributed by atoms with Crippen LogP contribution in [0.2, 0.25) is 0 Å². The van der Waals surface area contributed by atoms with Crippen molar-refractivity contribution in [3.63, 3.8) is 0 Å². The number of hydrogen-bond donors (Lipinski definition) is 1. The molecule has 0 spiro atoms. The summed E-state index contributed by atoms with van der Waals surface area (Å²) in [6.07, 6.45) is 2.52. The van der Waals surface area contributed by atoms with Gasteiger partial charge in [0.25, 0.3) is 5.78 Å². The molecule has 5 rings (SSSR count). The molecule has 0 radical (unpaired) electrons. The SMILES string of the molecule is Nc1cc(N(CCc2cccs2)Cc2ccccc2)nc2nc(-c3ccco3)nn12. The Kier molecular flexibility index (Phi) is 4.90. The Hall–Kier alpha value is -3.65. The molecule has 30 heavy (non-hydrogen) atoms. The third-order valence-electron chi connectivity index (χ3n) is 4.82. The quantitative estimate of drug-likeness (QED) is 0.426. The van der Waals surface area contributed by atoms with E-state index >= 15 is 0 Å². The standard InChI is InChI=1S/C22H20N6OS/c23-19-14-20(24-22-25-21(26-28(19)22)18-9-4-12-29-18)27(11-10-17-8-5-13-30-17)15-16-6-2-1-3-7-16/h1-9,12-14H,10-11,15,23H2. The number of rotatable bonds is 7. The molecule has 150 valence electrons. The maximum Gasteiger partial charge on any atom is 0.256 e. The predicted molar refractivity (Wildman–Crippen MR) is 118 cm³/mol. The van der Waals surface area contributed by atoms with Crippen LogP contribution in [0, 0.1) is 0 Å². The van der Waals surface area contributed by atoms with E-state index in [1.807, 2.05) is 30.3 Å². The van der Waals surface area contributed by atoms with Crippen LogP contribution in [0.1, 0.15) is 10.4 Å². The number of nitrogens with two attached hydrogens (primary N) is 1. The molecule has 4 aromatic heterocycles. The van der Waals surface area contributed by atoms with E-state index < -0.39 is 0 Å². The number of anilines is 2. The summed E-state index contributed by atoms with van der Waals surface area (Å²) in [6, 6.07) is 20.1. The molecule has 4 heterocycles. The molecule has 0 amide bonds. The predicted octanol–water partition coefficient (Wildman–Crippen LogP) is 4.28. The van der Waals surface area contributed by atoms with E-state index in [1.54, 1.807) is 28.2 Å². The molecule has 0 aliphatic carbocycles. The first-order chi connectivity index (χ1) is 14.8. The maximum atomic E-state index is 6.31. The van der Waals surface area contributed by atoms with Gasteiger partial charge in [-0.3, -0.25) is 0 Å². The molecule has 0 unspecified atom stereocenters. The second-order valence-electron chi connectivity index (χ2n) is 6.90. The molecular weight excluding hydrogens is 396 g/mol. The number of furan rings is 1. The van der Waals surface area contributed by atoms with Crippen molar-refractivity contribution in [2.45, 2.75) is 13.0 Å². The van der Waals surface area contributed by atoms with Crippen LogP contribution in [0.3, 0.4) is 0 Å². The first-order valence-corrected chi connectivity index (χ1v) is 10.5. The van der Waals surface area contributed by atoms with Gasteiger partial charge in [0.1, 0.15) is 11.6 Å². The lowest BCUT2D eigenvalue weighted by molar-refractivity contribution is 0.577. The van der Waals surface area contributed by atoms with Crippen LogP contribution in [0.4, 0.5) is 11.6 Å². The lowest BCUT2D eigenvalue weighted by Crippen LogP contribution is -2.26. The number of nitrogen functional groups attached to an aromatic ring is 1. The molecule has 0 saturated heterocycles. The highest BCUT2D eigenvalue weighted by molar-refractivity contribution is 7.09. The normalized spacial score (nSPS) is 11.2. The fourth-order valence-corrected chi connectivity index (χ4v) is 4.03. The average molecular weight is 417 g/mol. The molecule has 1 aromatic carbocycles. The largest absolute Gasteiger partial charge is 0.461 e. The first-order valence-electron chi connectivity index (χ1n) is 9.65. The lowest BCUT2D eigenvalue weighted by Gasteiger charge is -2.24. The summed E-state index contributed by atoms with van der Waals surface area (Å²) in [5.74, 6) is 2.75. The Balaban J connectivity index is 1.50. The van der Waals surface area contributed by atoms with Gasteiger partial charge in [0.15, 0.2) is 5.76 Å². The van der Waals surface area contributed by atoms with Crippen LogP contribution < -0.4 is 10.6 Å². The molecule has 8 heteroatoms. The summed E-state index contributed by atoms with van der Waals surface area (Å²) in [6.45, 7) is 1.55. The van der Waals surface area contributed by atoms with E-state index in [2.05, 4.69) is 44.6 Å². The third kappa shape index (κ3) is 3.77. The van der Waals surface area contributed by atoms with Gasteiger partial charge in [0.05, 0.1) is 6.26 Å². The highest BCUT2D eigenvalue weighted by Crippen LogP contribution is 2.23. The molecular formula is C22H20N6OS. The Labute approximate surface area is 177 Å². The van der Waals surface area contributed by atoms with E-state index in [-0.39, 0.29) is 0 Å². The number of fused-ring (bicyclic) bond motifs is 1. The fraction of sp³-hybridized carbons (Fsp3) is 0.136. The zero-order valence-corrected chi connectivity index (χ0v) is 17.0. The summed E-state index contributed by atoms with van der Waals surface area (Å²) in [5, 5.41) is 6.54. The minimum absolute atomic E-state index is 0.450. The van der Waals surface area contributed by atoms with Crippen molar-refractivity contribution in [1.82, 2.24) is 19.6 Å². The number of nitrogens with zero attached hydrogens (tertiary/aromatic N) is 5. The molecule has 0 saturated carbocycles. The smallest absolute Gasteiger partial charge is 0.256 e. The van der Waals surface area contributed by atoms with Crippen molar-refractivity contribution in [3.8, 4) is 11.6 Å². The van der Waals surface area contributed by atoms with Crippen molar-refractivity contribution in [1.29, 1.82) is 0 Å². The van der Waals surface area contributed by atoms with E-state index in [0.29, 0.717) is 23.2 Å². The van der Waals surface area contributed by atoms with Gasteiger partial charge >= 0.3 is 0 Å². The summed E-state index contributed by atoms with van der Waals surface area (Å²) in [7, 11) is 0. The molecule has 0 aliphatic rings. The van der Waals surface area contributed by atoms with Crippen LogP contribution in [-0.2, 0) is 13.0 Å². The summed E-state index contributed by atoms with van der Waals surface area (Å²) < 4.78 is 6.95. The van der Waals surface area contributed by atoms with Crippen molar-refractivity contribution >= 4 is 28.8 Å². The Morgan fingerprint density at radius 2 is 1.93 bits per heavy atom. The van der Waals surface area contributed by atoms with E-state index in [4.69, 9.17) is 15.1 Å². The monoisotopic (exact) mass is 416 g/mol. The zero-order valence-electron chi connectivity index (χ0n) is 16.2. The number of hydrogen-bond acceptors (Lipinski definition) is 7. The van der Waals surface area contributed by atoms with E-state index in [0.717, 1.165) is 25.3 Å². The molecule has 7 nitrogen and oxygen atoms in total. The third-order valence-corrected chi connectivity index (χ3v) is 5.75. The van der Waals surface area contributed by atoms with E-state index in [9.17, 15) is 0 Å². The second-order valence-corrected chi connectivity index (χ2v) is 7.93. The van der Waals surface area contributed by atoms with Crippen LogP contribution in [0.15, 0.2) is 76.7 Å². The van der Waals surface area contributed by atoms with Crippen molar-refractivity contribution < 1.29 is 4.42 Å². The maximum absolute atomic E-state index is 6.31. The highest BCUT2D eigenvalue weighted by Gasteiger charge is 2.16. The minimum atomic E-state index is 0.450. The number of thiophene rings is 1. The minimum Gasteiger partial charge on any atom is -0.461 e. The summed E-state index contributed by atoms with van der Waals surface area (Å²) in [4.78, 5) is 12.8. The van der Waals surface area contributed by atoms with Crippen molar-refractivity contribution in [3.05, 3.63) is 82.7 Å². The van der Waals surface area contributed by atoms with Gasteiger partial charge in [0, 0.05) is 24.0 Å². The summed E-state index contributed by atoms with van der Waals surface area (Å²) in [5.41, 5.74) is 7.52. The van der Waals surface area contributed by atoms with Gasteiger partial charge in [-0.2, -0.15) is 14.5 Å². The highest BCUT2D eigenvalue weighted by atomic mass is 32.1. The molecule has 0 atom stereocenters. The number of benzene rings is 1. The molecule has 0 bridgehead atoms. The topological polar surface area (TPSA) is 85.5 Å². The van der Waals surface area contributed by atoms with Gasteiger partial charge in [-0.05, 0) is 35.6 Å². The van der Waals surface area contributed by atoms with Gasteiger partial charge in [-0.15, -0.1) is 16.4 Å². The zero-order chi connectivity index (χ0) is 20.3. The van der Waals surface area contributed by atoms with Crippen LogP contribution in [0.25, 0.3) is 17.4 Å². The molecule has 0 fully saturated rings. The second kappa shape index (κ2) is 8.00. The van der Waals surface area contributed by atoms with Crippen LogP contribution >= 0.6 is 11.3 Å². The number of aromatic nitrogens is 4. The molecule has 5 aromatic rings. The van der Waals surface area contributed by atoms with Crippen LogP contribution in [0.5, 0.6) is 0 Å². The van der Waals surface area contributed by atoms with Crippen LogP contribution in [-0.4, -0.2) is 26.1 Å². The Bertz CT molecular complexity index is 1230. The van der Waals surface area contributed by atoms with Crippen molar-refractivity contribution in [2.24, 2.45) is 0 Å². The van der Waals surface area contributed by atoms with E-state index in [1.165, 1.54) is 10.4 Å². The van der Waals surface area contributed by atoms with Gasteiger partial charge in [0.2, 0.25) is 5.82 Å². The Morgan fingerprint density at radius 3 is 2.70 bits per heavy atom. The molecule has 2 N–H and O–H groups in total. The van der Waals surface area contributed by atoms with Gasteiger partial charge in [-0.25, -0.2) is 0 Å². The average Bonchev–Trinajstić information content (AvgIpc) is 3.53.